The van der Waals surface area contributed by atoms with E-state index in [2.05, 4.69) is 46.8 Å². The molecule has 0 bridgehead atoms. The summed E-state index contributed by atoms with van der Waals surface area (Å²) in [5, 5.41) is 11.9. The number of nitrogens with zero attached hydrogens (tertiary/aromatic N) is 3. The monoisotopic (exact) mass is 378 g/mol. The van der Waals surface area contributed by atoms with E-state index in [0.29, 0.717) is 13.0 Å². The number of hydrogen-bond donors (Lipinski definition) is 1. The molecule has 0 saturated carbocycles. The molecule has 28 heavy (non-hydrogen) atoms. The highest BCUT2D eigenvalue weighted by Gasteiger charge is 2.26. The normalized spacial score (nSPS) is 14.7. The van der Waals surface area contributed by atoms with Gasteiger partial charge >= 0.3 is 5.97 Å². The smallest absolute Gasteiger partial charge is 0.306 e. The van der Waals surface area contributed by atoms with Crippen LogP contribution >= 0.6 is 0 Å². The first-order valence-corrected chi connectivity index (χ1v) is 9.86. The lowest BCUT2D eigenvalue weighted by Crippen LogP contribution is -2.25. The molecular formula is C22H26N4O2. The van der Waals surface area contributed by atoms with Crippen molar-refractivity contribution in [2.24, 2.45) is 7.05 Å². The van der Waals surface area contributed by atoms with E-state index in [9.17, 15) is 4.79 Å². The Labute approximate surface area is 164 Å². The van der Waals surface area contributed by atoms with Crippen molar-refractivity contribution < 1.29 is 9.53 Å². The Morgan fingerprint density at radius 3 is 2.96 bits per heavy atom. The first kappa shape index (κ1) is 18.6. The number of nitrogens with one attached hydrogen (secondary N) is 1. The largest absolute Gasteiger partial charge is 0.466 e. The highest BCUT2D eigenvalue weighted by atomic mass is 16.5. The van der Waals surface area contributed by atoms with Crippen molar-refractivity contribution in [1.82, 2.24) is 20.3 Å². The van der Waals surface area contributed by atoms with E-state index in [4.69, 9.17) is 4.74 Å². The molecule has 1 atom stereocenters. The zero-order chi connectivity index (χ0) is 19.7. The molecule has 1 unspecified atom stereocenters. The fraction of sp³-hybridized carbons (Fsp3) is 0.409. The van der Waals surface area contributed by atoms with Gasteiger partial charge in [0.2, 0.25) is 0 Å². The van der Waals surface area contributed by atoms with Crippen molar-refractivity contribution in [1.29, 1.82) is 0 Å². The van der Waals surface area contributed by atoms with Gasteiger partial charge < -0.3 is 10.1 Å². The van der Waals surface area contributed by atoms with Crippen LogP contribution < -0.4 is 5.32 Å². The number of aromatic nitrogens is 3. The van der Waals surface area contributed by atoms with Crippen molar-refractivity contribution in [3.8, 4) is 0 Å². The number of ether oxygens (including phenoxy) is 1. The zero-order valence-electron chi connectivity index (χ0n) is 16.7. The Kier molecular flexibility index (Phi) is 5.13. The average Bonchev–Trinajstić information content (AvgIpc) is 3.08. The zero-order valence-corrected chi connectivity index (χ0v) is 16.7. The SMILES string of the molecule is CCOC(=O)CC(c1cccc2c1CCNC2)c1ccc2c(nnn2C)c1C. The Balaban J connectivity index is 1.85. The van der Waals surface area contributed by atoms with Gasteiger partial charge in [-0.3, -0.25) is 4.79 Å². The molecule has 2 heterocycles. The number of hydrogen-bond acceptors (Lipinski definition) is 5. The van der Waals surface area contributed by atoms with E-state index in [0.717, 1.165) is 41.7 Å². The second-order valence-electron chi connectivity index (χ2n) is 7.33. The van der Waals surface area contributed by atoms with Gasteiger partial charge in [-0.05, 0) is 60.7 Å². The summed E-state index contributed by atoms with van der Waals surface area (Å²) in [7, 11) is 1.89. The van der Waals surface area contributed by atoms with Gasteiger partial charge in [0.05, 0.1) is 18.5 Å². The van der Waals surface area contributed by atoms with E-state index in [1.165, 1.54) is 16.7 Å². The predicted molar refractivity (Wildman–Crippen MR) is 108 cm³/mol. The maximum atomic E-state index is 12.5. The van der Waals surface area contributed by atoms with Crippen LogP contribution in [0.15, 0.2) is 30.3 Å². The highest BCUT2D eigenvalue weighted by Crippen LogP contribution is 2.36. The van der Waals surface area contributed by atoms with E-state index in [1.807, 2.05) is 20.0 Å². The van der Waals surface area contributed by atoms with Gasteiger partial charge in [0.1, 0.15) is 5.52 Å². The maximum Gasteiger partial charge on any atom is 0.306 e. The van der Waals surface area contributed by atoms with Crippen LogP contribution in [0.2, 0.25) is 0 Å². The second-order valence-corrected chi connectivity index (χ2v) is 7.33. The molecule has 0 fully saturated rings. The molecule has 0 saturated heterocycles. The molecule has 1 aliphatic heterocycles. The van der Waals surface area contributed by atoms with Crippen molar-refractivity contribution in [2.45, 2.75) is 39.2 Å². The van der Waals surface area contributed by atoms with Crippen molar-refractivity contribution in [3.05, 3.63) is 58.1 Å². The van der Waals surface area contributed by atoms with E-state index >= 15 is 0 Å². The quantitative estimate of drug-likeness (QED) is 0.691. The number of rotatable bonds is 5. The van der Waals surface area contributed by atoms with Gasteiger partial charge in [0, 0.05) is 19.5 Å². The molecule has 1 aliphatic rings. The molecule has 146 valence electrons. The summed E-state index contributed by atoms with van der Waals surface area (Å²) in [5.41, 5.74) is 7.97. The molecule has 3 aromatic rings. The number of carbonyl (C=O) groups is 1. The van der Waals surface area contributed by atoms with Crippen LogP contribution in [0.25, 0.3) is 11.0 Å². The molecule has 1 N–H and O–H groups in total. The fourth-order valence-corrected chi connectivity index (χ4v) is 4.29. The summed E-state index contributed by atoms with van der Waals surface area (Å²) >= 11 is 0. The van der Waals surface area contributed by atoms with Gasteiger partial charge in [-0.1, -0.05) is 29.5 Å². The average molecular weight is 378 g/mol. The minimum atomic E-state index is -0.169. The Morgan fingerprint density at radius 2 is 2.14 bits per heavy atom. The first-order valence-electron chi connectivity index (χ1n) is 9.86. The molecule has 6 nitrogen and oxygen atoms in total. The van der Waals surface area contributed by atoms with E-state index in [-0.39, 0.29) is 11.9 Å². The Morgan fingerprint density at radius 1 is 1.29 bits per heavy atom. The Hall–Kier alpha value is -2.73. The predicted octanol–water partition coefficient (Wildman–Crippen LogP) is 3.01. The molecule has 0 radical (unpaired) electrons. The highest BCUT2D eigenvalue weighted by molar-refractivity contribution is 5.80. The summed E-state index contributed by atoms with van der Waals surface area (Å²) in [4.78, 5) is 12.5. The van der Waals surface area contributed by atoms with Crippen LogP contribution in [0.5, 0.6) is 0 Å². The summed E-state index contributed by atoms with van der Waals surface area (Å²) in [6, 6.07) is 10.6. The molecule has 6 heteroatoms. The summed E-state index contributed by atoms with van der Waals surface area (Å²) in [6.07, 6.45) is 1.29. The number of benzene rings is 2. The minimum Gasteiger partial charge on any atom is -0.466 e. The third-order valence-electron chi connectivity index (χ3n) is 5.68. The van der Waals surface area contributed by atoms with Crippen LogP contribution in [-0.2, 0) is 29.5 Å². The minimum absolute atomic E-state index is 0.0569. The summed E-state index contributed by atoms with van der Waals surface area (Å²) < 4.78 is 7.09. The van der Waals surface area contributed by atoms with Gasteiger partial charge in [-0.25, -0.2) is 4.68 Å². The van der Waals surface area contributed by atoms with Crippen LogP contribution in [0, 0.1) is 6.92 Å². The number of aryl methyl sites for hydroxylation is 2. The van der Waals surface area contributed by atoms with E-state index < -0.39 is 0 Å². The summed E-state index contributed by atoms with van der Waals surface area (Å²) in [5.74, 6) is -0.226. The van der Waals surface area contributed by atoms with Gasteiger partial charge in [0.25, 0.3) is 0 Å². The molecule has 1 aromatic heterocycles. The van der Waals surface area contributed by atoms with Crippen LogP contribution in [0.4, 0.5) is 0 Å². The lowest BCUT2D eigenvalue weighted by atomic mass is 9.80. The third-order valence-corrected chi connectivity index (χ3v) is 5.68. The molecule has 0 amide bonds. The number of esters is 1. The van der Waals surface area contributed by atoms with Gasteiger partial charge in [-0.15, -0.1) is 5.10 Å². The van der Waals surface area contributed by atoms with E-state index in [1.54, 1.807) is 4.68 Å². The summed E-state index contributed by atoms with van der Waals surface area (Å²) in [6.45, 7) is 6.14. The van der Waals surface area contributed by atoms with Gasteiger partial charge in [-0.2, -0.15) is 0 Å². The third kappa shape index (κ3) is 3.29. The fourth-order valence-electron chi connectivity index (χ4n) is 4.29. The Bertz CT molecular complexity index is 1020. The van der Waals surface area contributed by atoms with Crippen LogP contribution in [0.3, 0.4) is 0 Å². The molecule has 4 rings (SSSR count). The standard InChI is InChI=1S/C22H26N4O2/c1-4-28-21(27)12-19(18-7-5-6-15-13-23-11-10-17(15)18)16-8-9-20-22(14(16)2)24-25-26(20)3/h5-9,19,23H,4,10-13H2,1-3H3. The first-order chi connectivity index (χ1) is 13.6. The van der Waals surface area contributed by atoms with Crippen molar-refractivity contribution in [3.63, 3.8) is 0 Å². The topological polar surface area (TPSA) is 69.0 Å². The maximum absolute atomic E-state index is 12.5. The molecule has 0 spiro atoms. The van der Waals surface area contributed by atoms with Crippen LogP contribution in [-0.4, -0.2) is 34.1 Å². The van der Waals surface area contributed by atoms with Crippen molar-refractivity contribution >= 4 is 17.0 Å². The molecular weight excluding hydrogens is 352 g/mol. The molecule has 0 aliphatic carbocycles. The van der Waals surface area contributed by atoms with Gasteiger partial charge in [0.15, 0.2) is 0 Å². The van der Waals surface area contributed by atoms with Crippen molar-refractivity contribution in [2.75, 3.05) is 13.2 Å². The molecule has 2 aromatic carbocycles. The number of fused-ring (bicyclic) bond motifs is 2. The van der Waals surface area contributed by atoms with Crippen LogP contribution in [0.1, 0.15) is 47.1 Å². The lowest BCUT2D eigenvalue weighted by Gasteiger charge is -2.26. The second kappa shape index (κ2) is 7.72. The number of carbonyl (C=O) groups excluding carboxylic acids is 1. The lowest BCUT2D eigenvalue weighted by molar-refractivity contribution is -0.143.